The molecular weight excluding hydrogens is 388 g/mol. The van der Waals surface area contributed by atoms with Crippen LogP contribution < -0.4 is 15.1 Å². The molecule has 0 spiro atoms. The van der Waals surface area contributed by atoms with E-state index in [0.29, 0.717) is 24.9 Å². The molecule has 0 radical (unpaired) electrons. The molecular formula is C21H32N4O3S. The summed E-state index contributed by atoms with van der Waals surface area (Å²) in [5.41, 5.74) is 2.09. The lowest BCUT2D eigenvalue weighted by molar-refractivity contribution is 0.196. The molecule has 3 saturated heterocycles. The first-order valence-corrected chi connectivity index (χ1v) is 12.3. The number of rotatable bonds is 2. The first-order valence-electron chi connectivity index (χ1n) is 10.5. The highest BCUT2D eigenvalue weighted by molar-refractivity contribution is 7.91. The van der Waals surface area contributed by atoms with Crippen molar-refractivity contribution in [1.29, 1.82) is 0 Å². The minimum atomic E-state index is -2.86. The van der Waals surface area contributed by atoms with E-state index in [4.69, 9.17) is 0 Å². The molecule has 0 bridgehead atoms. The molecule has 7 nitrogen and oxygen atoms in total. The zero-order chi connectivity index (χ0) is 20.8. The molecule has 0 saturated carbocycles. The van der Waals surface area contributed by atoms with Crippen LogP contribution in [0.15, 0.2) is 24.3 Å². The molecule has 1 N–H and O–H groups in total. The smallest absolute Gasteiger partial charge is 0.317 e. The topological polar surface area (TPSA) is 73.0 Å². The minimum absolute atomic E-state index is 0.0475. The lowest BCUT2D eigenvalue weighted by atomic mass is 10.0. The van der Waals surface area contributed by atoms with Gasteiger partial charge in [0.2, 0.25) is 0 Å². The van der Waals surface area contributed by atoms with Crippen molar-refractivity contribution in [2.45, 2.75) is 26.3 Å². The van der Waals surface area contributed by atoms with Crippen molar-refractivity contribution in [3.05, 3.63) is 24.3 Å². The van der Waals surface area contributed by atoms with Gasteiger partial charge in [0.05, 0.1) is 11.5 Å². The lowest BCUT2D eigenvalue weighted by Crippen LogP contribution is -2.48. The Morgan fingerprint density at radius 3 is 1.86 bits per heavy atom. The van der Waals surface area contributed by atoms with E-state index in [0.717, 1.165) is 31.9 Å². The Bertz CT molecular complexity index is 835. The van der Waals surface area contributed by atoms with E-state index in [2.05, 4.69) is 39.4 Å². The molecule has 29 heavy (non-hydrogen) atoms. The molecule has 8 heteroatoms. The zero-order valence-corrected chi connectivity index (χ0v) is 18.4. The van der Waals surface area contributed by atoms with Crippen LogP contribution in [0.5, 0.6) is 0 Å². The second kappa shape index (κ2) is 7.38. The highest BCUT2D eigenvalue weighted by atomic mass is 32.2. The number of nitrogens with zero attached hydrogens (tertiary/aromatic N) is 3. The molecule has 3 aliphatic heterocycles. The van der Waals surface area contributed by atoms with Crippen LogP contribution in [-0.2, 0) is 9.84 Å². The molecule has 2 atom stereocenters. The van der Waals surface area contributed by atoms with Crippen molar-refractivity contribution in [1.82, 2.24) is 10.2 Å². The standard InChI is InChI=1S/C21H32N4O3S/c1-21(2,3)22-20(26)25-14-16-12-24(13-17(16)15-25)19-6-4-18(5-7-19)23-8-10-29(27,28)11-9-23/h4-7,16-17H,8-15H2,1-3H3,(H,22,26)/t16-,17+. The highest BCUT2D eigenvalue weighted by Crippen LogP contribution is 2.34. The number of carbonyl (C=O) groups excluding carboxylic acids is 1. The third kappa shape index (κ3) is 4.63. The molecule has 160 valence electrons. The Morgan fingerprint density at radius 1 is 0.897 bits per heavy atom. The zero-order valence-electron chi connectivity index (χ0n) is 17.6. The van der Waals surface area contributed by atoms with E-state index in [1.807, 2.05) is 25.7 Å². The van der Waals surface area contributed by atoms with Gasteiger partial charge in [-0.05, 0) is 45.0 Å². The number of fused-ring (bicyclic) bond motifs is 1. The van der Waals surface area contributed by atoms with Crippen molar-refractivity contribution < 1.29 is 13.2 Å². The lowest BCUT2D eigenvalue weighted by Gasteiger charge is -2.29. The van der Waals surface area contributed by atoms with Gasteiger partial charge in [-0.1, -0.05) is 0 Å². The van der Waals surface area contributed by atoms with Crippen LogP contribution in [0, 0.1) is 11.8 Å². The van der Waals surface area contributed by atoms with Crippen LogP contribution in [0.1, 0.15) is 20.8 Å². The van der Waals surface area contributed by atoms with Gasteiger partial charge in [-0.3, -0.25) is 0 Å². The van der Waals surface area contributed by atoms with Gasteiger partial charge < -0.3 is 20.0 Å². The fourth-order valence-electron chi connectivity index (χ4n) is 4.61. The van der Waals surface area contributed by atoms with Gasteiger partial charge in [0.15, 0.2) is 9.84 Å². The van der Waals surface area contributed by atoms with E-state index >= 15 is 0 Å². The number of anilines is 2. The number of nitrogens with one attached hydrogen (secondary N) is 1. The molecule has 2 amide bonds. The third-order valence-electron chi connectivity index (χ3n) is 6.18. The van der Waals surface area contributed by atoms with Crippen LogP contribution in [-0.4, -0.2) is 75.7 Å². The molecule has 0 unspecified atom stereocenters. The van der Waals surface area contributed by atoms with Gasteiger partial charge in [0.25, 0.3) is 0 Å². The summed E-state index contributed by atoms with van der Waals surface area (Å²) in [6.07, 6.45) is 0. The van der Waals surface area contributed by atoms with Crippen LogP contribution in [0.25, 0.3) is 0 Å². The fraction of sp³-hybridized carbons (Fsp3) is 0.667. The maximum atomic E-state index is 12.4. The van der Waals surface area contributed by atoms with Gasteiger partial charge in [-0.25, -0.2) is 13.2 Å². The first-order chi connectivity index (χ1) is 13.6. The number of amides is 2. The van der Waals surface area contributed by atoms with Crippen LogP contribution in [0.2, 0.25) is 0 Å². The van der Waals surface area contributed by atoms with Crippen LogP contribution in [0.4, 0.5) is 16.2 Å². The Kier molecular flexibility index (Phi) is 5.17. The fourth-order valence-corrected chi connectivity index (χ4v) is 5.82. The molecule has 3 fully saturated rings. The van der Waals surface area contributed by atoms with E-state index in [1.54, 1.807) is 0 Å². The summed E-state index contributed by atoms with van der Waals surface area (Å²) in [6, 6.07) is 8.54. The molecule has 0 aromatic heterocycles. The molecule has 1 aromatic rings. The van der Waals surface area contributed by atoms with Crippen molar-refractivity contribution in [2.24, 2.45) is 11.8 Å². The van der Waals surface area contributed by atoms with Gasteiger partial charge in [-0.2, -0.15) is 0 Å². The first kappa shape index (κ1) is 20.3. The van der Waals surface area contributed by atoms with E-state index in [1.165, 1.54) is 5.69 Å². The summed E-state index contributed by atoms with van der Waals surface area (Å²) in [6.45, 7) is 10.8. The maximum absolute atomic E-state index is 12.4. The average Bonchev–Trinajstić information content (AvgIpc) is 3.20. The summed E-state index contributed by atoms with van der Waals surface area (Å²) in [7, 11) is -2.86. The molecule has 4 rings (SSSR count). The average molecular weight is 421 g/mol. The predicted octanol–water partition coefficient (Wildman–Crippen LogP) is 1.80. The monoisotopic (exact) mass is 420 g/mol. The van der Waals surface area contributed by atoms with Gasteiger partial charge >= 0.3 is 6.03 Å². The van der Waals surface area contributed by atoms with Gasteiger partial charge in [-0.15, -0.1) is 0 Å². The summed E-state index contributed by atoms with van der Waals surface area (Å²) in [5, 5.41) is 3.07. The Labute approximate surface area is 174 Å². The number of benzene rings is 1. The maximum Gasteiger partial charge on any atom is 0.317 e. The van der Waals surface area contributed by atoms with E-state index in [-0.39, 0.29) is 23.1 Å². The quantitative estimate of drug-likeness (QED) is 0.790. The number of hydrogen-bond donors (Lipinski definition) is 1. The minimum Gasteiger partial charge on any atom is -0.371 e. The van der Waals surface area contributed by atoms with Gasteiger partial charge in [0.1, 0.15) is 0 Å². The molecule has 0 aliphatic carbocycles. The van der Waals surface area contributed by atoms with Crippen LogP contribution in [0.3, 0.4) is 0 Å². The Morgan fingerprint density at radius 2 is 1.38 bits per heavy atom. The SMILES string of the molecule is CC(C)(C)NC(=O)N1C[C@@H]2CN(c3ccc(N4CCS(=O)(=O)CC4)cc3)C[C@@H]2C1. The Hall–Kier alpha value is -1.96. The summed E-state index contributed by atoms with van der Waals surface area (Å²) < 4.78 is 23.2. The normalized spacial score (nSPS) is 26.5. The summed E-state index contributed by atoms with van der Waals surface area (Å²) >= 11 is 0. The molecule has 3 aliphatic rings. The van der Waals surface area contributed by atoms with Crippen molar-refractivity contribution in [2.75, 3.05) is 60.6 Å². The molecule has 3 heterocycles. The van der Waals surface area contributed by atoms with Crippen molar-refractivity contribution in [3.63, 3.8) is 0 Å². The second-order valence-corrected chi connectivity index (χ2v) is 12.0. The largest absolute Gasteiger partial charge is 0.371 e. The second-order valence-electron chi connectivity index (χ2n) is 9.67. The van der Waals surface area contributed by atoms with Crippen LogP contribution >= 0.6 is 0 Å². The summed E-state index contributed by atoms with van der Waals surface area (Å²) in [4.78, 5) is 19.0. The number of sulfone groups is 1. The van der Waals surface area contributed by atoms with Gasteiger partial charge in [0, 0.05) is 68.0 Å². The van der Waals surface area contributed by atoms with E-state index in [9.17, 15) is 13.2 Å². The van der Waals surface area contributed by atoms with Crippen molar-refractivity contribution in [3.8, 4) is 0 Å². The highest BCUT2D eigenvalue weighted by Gasteiger charge is 2.42. The summed E-state index contributed by atoms with van der Waals surface area (Å²) in [5.74, 6) is 1.52. The number of hydrogen-bond acceptors (Lipinski definition) is 5. The predicted molar refractivity (Wildman–Crippen MR) is 116 cm³/mol. The third-order valence-corrected chi connectivity index (χ3v) is 7.79. The van der Waals surface area contributed by atoms with E-state index < -0.39 is 9.84 Å². The van der Waals surface area contributed by atoms with Crippen molar-refractivity contribution >= 4 is 27.2 Å². The number of urea groups is 1. The molecule has 1 aromatic carbocycles. The Balaban J connectivity index is 1.32. The number of carbonyl (C=O) groups is 1. The number of likely N-dealkylation sites (tertiary alicyclic amines) is 1.